The van der Waals surface area contributed by atoms with Crippen molar-refractivity contribution in [1.82, 2.24) is 4.90 Å². The summed E-state index contributed by atoms with van der Waals surface area (Å²) in [5.41, 5.74) is 1.91. The Morgan fingerprint density at radius 1 is 1.17 bits per heavy atom. The Balaban J connectivity index is 1.71. The van der Waals surface area contributed by atoms with E-state index >= 15 is 0 Å². The average Bonchev–Trinajstić information content (AvgIpc) is 2.58. The molecule has 23 heavy (non-hydrogen) atoms. The number of hydrogen-bond acceptors (Lipinski definition) is 2. The van der Waals surface area contributed by atoms with Crippen molar-refractivity contribution >= 4 is 5.91 Å². The molecule has 0 saturated carbocycles. The second-order valence-corrected chi connectivity index (χ2v) is 5.83. The summed E-state index contributed by atoms with van der Waals surface area (Å²) < 4.78 is 18.8. The SMILES string of the molecule is CC1C(c2ccccc2)OCCN1C(=O)Cc1ccc(F)cc1. The summed E-state index contributed by atoms with van der Waals surface area (Å²) in [6, 6.07) is 16.0. The number of carbonyl (C=O) groups is 1. The highest BCUT2D eigenvalue weighted by Gasteiger charge is 2.32. The minimum atomic E-state index is -0.287. The van der Waals surface area contributed by atoms with E-state index < -0.39 is 0 Å². The number of halogens is 1. The zero-order chi connectivity index (χ0) is 16.2. The molecule has 3 nitrogen and oxygen atoms in total. The standard InChI is InChI=1S/C19H20FNO2/c1-14-19(16-5-3-2-4-6-16)23-12-11-21(14)18(22)13-15-7-9-17(20)10-8-15/h2-10,14,19H,11-13H2,1H3. The van der Waals surface area contributed by atoms with Crippen molar-refractivity contribution in [2.75, 3.05) is 13.2 Å². The molecule has 2 atom stereocenters. The van der Waals surface area contributed by atoms with Gasteiger partial charge in [-0.25, -0.2) is 4.39 Å². The average molecular weight is 313 g/mol. The first-order valence-corrected chi connectivity index (χ1v) is 7.85. The zero-order valence-corrected chi connectivity index (χ0v) is 13.1. The monoisotopic (exact) mass is 313 g/mol. The van der Waals surface area contributed by atoms with Crippen molar-refractivity contribution in [3.05, 3.63) is 71.5 Å². The predicted molar refractivity (Wildman–Crippen MR) is 86.4 cm³/mol. The molecule has 2 aromatic rings. The Kier molecular flexibility index (Phi) is 4.72. The Bertz CT molecular complexity index is 657. The van der Waals surface area contributed by atoms with Crippen LogP contribution in [-0.4, -0.2) is 30.0 Å². The van der Waals surface area contributed by atoms with Crippen LogP contribution in [0.1, 0.15) is 24.2 Å². The Hall–Kier alpha value is -2.20. The Morgan fingerprint density at radius 3 is 2.57 bits per heavy atom. The Labute approximate surface area is 135 Å². The molecule has 0 aliphatic carbocycles. The molecule has 3 rings (SSSR count). The molecule has 1 amide bonds. The lowest BCUT2D eigenvalue weighted by Crippen LogP contribution is -2.49. The number of ether oxygens (including phenoxy) is 1. The van der Waals surface area contributed by atoms with Gasteiger partial charge in [0, 0.05) is 6.54 Å². The van der Waals surface area contributed by atoms with E-state index in [1.165, 1.54) is 12.1 Å². The molecule has 1 heterocycles. The van der Waals surface area contributed by atoms with Crippen LogP contribution in [0.5, 0.6) is 0 Å². The van der Waals surface area contributed by atoms with Gasteiger partial charge in [-0.15, -0.1) is 0 Å². The van der Waals surface area contributed by atoms with Gasteiger partial charge in [-0.2, -0.15) is 0 Å². The van der Waals surface area contributed by atoms with Gasteiger partial charge in [-0.05, 0) is 30.2 Å². The molecule has 120 valence electrons. The van der Waals surface area contributed by atoms with Crippen LogP contribution in [0.15, 0.2) is 54.6 Å². The number of nitrogens with zero attached hydrogens (tertiary/aromatic N) is 1. The van der Waals surface area contributed by atoms with Crippen molar-refractivity contribution in [1.29, 1.82) is 0 Å². The molecular weight excluding hydrogens is 293 g/mol. The number of carbonyl (C=O) groups excluding carboxylic acids is 1. The smallest absolute Gasteiger partial charge is 0.227 e. The van der Waals surface area contributed by atoms with Crippen LogP contribution in [-0.2, 0) is 16.0 Å². The van der Waals surface area contributed by atoms with E-state index in [1.54, 1.807) is 12.1 Å². The molecule has 0 spiro atoms. The molecule has 0 aromatic heterocycles. The van der Waals surface area contributed by atoms with E-state index in [2.05, 4.69) is 0 Å². The minimum Gasteiger partial charge on any atom is -0.370 e. The van der Waals surface area contributed by atoms with Crippen molar-refractivity contribution in [2.45, 2.75) is 25.5 Å². The summed E-state index contributed by atoms with van der Waals surface area (Å²) in [6.45, 7) is 3.13. The molecule has 0 bridgehead atoms. The predicted octanol–water partition coefficient (Wildman–Crippen LogP) is 3.36. The molecule has 0 N–H and O–H groups in total. The van der Waals surface area contributed by atoms with Gasteiger partial charge in [0.05, 0.1) is 19.1 Å². The zero-order valence-electron chi connectivity index (χ0n) is 13.1. The van der Waals surface area contributed by atoms with Crippen LogP contribution >= 0.6 is 0 Å². The fraction of sp³-hybridized carbons (Fsp3) is 0.316. The van der Waals surface area contributed by atoms with Gasteiger partial charge < -0.3 is 9.64 Å². The largest absolute Gasteiger partial charge is 0.370 e. The summed E-state index contributed by atoms with van der Waals surface area (Å²) >= 11 is 0. The molecule has 1 saturated heterocycles. The van der Waals surface area contributed by atoms with Crippen LogP contribution in [0, 0.1) is 5.82 Å². The van der Waals surface area contributed by atoms with E-state index in [0.29, 0.717) is 13.2 Å². The van der Waals surface area contributed by atoms with Crippen molar-refractivity contribution < 1.29 is 13.9 Å². The summed E-state index contributed by atoms with van der Waals surface area (Å²) in [4.78, 5) is 14.5. The summed E-state index contributed by atoms with van der Waals surface area (Å²) in [5, 5.41) is 0. The van der Waals surface area contributed by atoms with Crippen LogP contribution < -0.4 is 0 Å². The molecule has 0 radical (unpaired) electrons. The van der Waals surface area contributed by atoms with Crippen LogP contribution in [0.2, 0.25) is 0 Å². The molecule has 1 aliphatic rings. The van der Waals surface area contributed by atoms with Gasteiger partial charge >= 0.3 is 0 Å². The molecular formula is C19H20FNO2. The van der Waals surface area contributed by atoms with Crippen LogP contribution in [0.25, 0.3) is 0 Å². The van der Waals surface area contributed by atoms with Gasteiger partial charge in [0.15, 0.2) is 0 Å². The van der Waals surface area contributed by atoms with Gasteiger partial charge in [0.2, 0.25) is 5.91 Å². The first-order valence-electron chi connectivity index (χ1n) is 7.85. The maximum atomic E-state index is 13.0. The van der Waals surface area contributed by atoms with E-state index in [0.717, 1.165) is 11.1 Å². The van der Waals surface area contributed by atoms with Crippen LogP contribution in [0.3, 0.4) is 0 Å². The number of morpholine rings is 1. The third kappa shape index (κ3) is 3.59. The molecule has 2 aromatic carbocycles. The number of rotatable bonds is 3. The summed E-state index contributed by atoms with van der Waals surface area (Å²) in [6.07, 6.45) is 0.175. The van der Waals surface area contributed by atoms with E-state index in [-0.39, 0.29) is 30.3 Å². The first-order chi connectivity index (χ1) is 11.1. The number of benzene rings is 2. The summed E-state index contributed by atoms with van der Waals surface area (Å²) in [5.74, 6) is -0.238. The van der Waals surface area contributed by atoms with Gasteiger partial charge in [-0.1, -0.05) is 42.5 Å². The summed E-state index contributed by atoms with van der Waals surface area (Å²) in [7, 11) is 0. The second-order valence-electron chi connectivity index (χ2n) is 5.83. The normalized spacial score (nSPS) is 21.2. The quantitative estimate of drug-likeness (QED) is 0.869. The first kappa shape index (κ1) is 15.7. The number of hydrogen-bond donors (Lipinski definition) is 0. The Morgan fingerprint density at radius 2 is 1.87 bits per heavy atom. The minimum absolute atomic E-state index is 0.0286. The van der Waals surface area contributed by atoms with Gasteiger partial charge in [-0.3, -0.25) is 4.79 Å². The third-order valence-corrected chi connectivity index (χ3v) is 4.28. The maximum absolute atomic E-state index is 13.0. The lowest BCUT2D eigenvalue weighted by molar-refractivity contribution is -0.144. The highest BCUT2D eigenvalue weighted by Crippen LogP contribution is 2.28. The highest BCUT2D eigenvalue weighted by molar-refractivity contribution is 5.79. The third-order valence-electron chi connectivity index (χ3n) is 4.28. The fourth-order valence-electron chi connectivity index (χ4n) is 3.03. The van der Waals surface area contributed by atoms with Crippen molar-refractivity contribution in [3.8, 4) is 0 Å². The van der Waals surface area contributed by atoms with Crippen LogP contribution in [0.4, 0.5) is 4.39 Å². The second kappa shape index (κ2) is 6.92. The highest BCUT2D eigenvalue weighted by atomic mass is 19.1. The van der Waals surface area contributed by atoms with Gasteiger partial charge in [0.1, 0.15) is 11.9 Å². The van der Waals surface area contributed by atoms with Gasteiger partial charge in [0.25, 0.3) is 0 Å². The van der Waals surface area contributed by atoms with E-state index in [9.17, 15) is 9.18 Å². The molecule has 4 heteroatoms. The molecule has 1 aliphatic heterocycles. The van der Waals surface area contributed by atoms with Crippen molar-refractivity contribution in [3.63, 3.8) is 0 Å². The topological polar surface area (TPSA) is 29.5 Å². The molecule has 2 unspecified atom stereocenters. The van der Waals surface area contributed by atoms with E-state index in [4.69, 9.17) is 4.74 Å². The number of amides is 1. The lowest BCUT2D eigenvalue weighted by atomic mass is 10.00. The molecule has 1 fully saturated rings. The maximum Gasteiger partial charge on any atom is 0.227 e. The van der Waals surface area contributed by atoms with Crippen molar-refractivity contribution in [2.24, 2.45) is 0 Å². The lowest BCUT2D eigenvalue weighted by Gasteiger charge is -2.39. The van der Waals surface area contributed by atoms with E-state index in [1.807, 2.05) is 42.2 Å². The fourth-order valence-corrected chi connectivity index (χ4v) is 3.03.